The van der Waals surface area contributed by atoms with Gasteiger partial charge in [0.05, 0.1) is 17.2 Å². The van der Waals surface area contributed by atoms with Gasteiger partial charge in [-0.15, -0.1) is 0 Å². The van der Waals surface area contributed by atoms with E-state index < -0.39 is 24.4 Å². The first-order valence-electron chi connectivity index (χ1n) is 3.43. The number of aliphatic hydroxyl groups excluding tert-OH is 1. The molecule has 0 bridgehead atoms. The molecule has 1 aromatic rings. The third kappa shape index (κ3) is 1.95. The van der Waals surface area contributed by atoms with Gasteiger partial charge >= 0.3 is 0 Å². The van der Waals surface area contributed by atoms with E-state index in [9.17, 15) is 13.2 Å². The van der Waals surface area contributed by atoms with Crippen LogP contribution in [0, 0.1) is 5.82 Å². The van der Waals surface area contributed by atoms with Crippen molar-refractivity contribution in [1.29, 1.82) is 0 Å². The second-order valence-corrected chi connectivity index (χ2v) is 2.80. The van der Waals surface area contributed by atoms with Gasteiger partial charge in [0.1, 0.15) is 0 Å². The van der Waals surface area contributed by atoms with Gasteiger partial charge in [0.2, 0.25) is 0 Å². The summed E-state index contributed by atoms with van der Waals surface area (Å²) in [6.07, 6.45) is -2.97. The maximum Gasteiger partial charge on any atom is 0.267 e. The molecule has 0 spiro atoms. The lowest BCUT2D eigenvalue weighted by molar-refractivity contribution is 0.142. The number of rotatable bonds is 2. The summed E-state index contributed by atoms with van der Waals surface area (Å²) in [6, 6.07) is 2.31. The summed E-state index contributed by atoms with van der Waals surface area (Å²) < 4.78 is 37.5. The lowest BCUT2D eigenvalue weighted by Crippen LogP contribution is -1.99. The number of aliphatic hydroxyl groups is 1. The van der Waals surface area contributed by atoms with Crippen molar-refractivity contribution in [2.75, 3.05) is 0 Å². The van der Waals surface area contributed by atoms with Crippen LogP contribution in [0.25, 0.3) is 0 Å². The quantitative estimate of drug-likeness (QED) is 0.796. The van der Waals surface area contributed by atoms with Crippen LogP contribution in [0.5, 0.6) is 0 Å². The first kappa shape index (κ1) is 10.3. The van der Waals surface area contributed by atoms with E-state index in [0.29, 0.717) is 0 Å². The monoisotopic (exact) mass is 210 g/mol. The average Bonchev–Trinajstić information content (AvgIpc) is 2.08. The molecule has 1 rings (SSSR count). The molecule has 13 heavy (non-hydrogen) atoms. The second kappa shape index (κ2) is 3.98. The number of hydrogen-bond donors (Lipinski definition) is 1. The Bertz CT molecular complexity index is 315. The van der Waals surface area contributed by atoms with E-state index in [4.69, 9.17) is 16.7 Å². The first-order chi connectivity index (χ1) is 6.07. The van der Waals surface area contributed by atoms with Crippen molar-refractivity contribution in [1.82, 2.24) is 0 Å². The normalized spacial score (nSPS) is 10.9. The minimum atomic E-state index is -2.97. The van der Waals surface area contributed by atoms with Gasteiger partial charge in [0, 0.05) is 0 Å². The Morgan fingerprint density at radius 3 is 2.46 bits per heavy atom. The Morgan fingerprint density at radius 1 is 1.38 bits per heavy atom. The fraction of sp³-hybridized carbons (Fsp3) is 0.250. The maximum atomic E-state index is 13.0. The lowest BCUT2D eigenvalue weighted by atomic mass is 10.1. The number of benzene rings is 1. The van der Waals surface area contributed by atoms with Gasteiger partial charge < -0.3 is 5.11 Å². The molecule has 0 fully saturated rings. The summed E-state index contributed by atoms with van der Waals surface area (Å²) in [7, 11) is 0. The van der Waals surface area contributed by atoms with Gasteiger partial charge in [-0.1, -0.05) is 17.7 Å². The van der Waals surface area contributed by atoms with Crippen molar-refractivity contribution in [3.63, 3.8) is 0 Å². The zero-order valence-corrected chi connectivity index (χ0v) is 7.15. The van der Waals surface area contributed by atoms with Crippen LogP contribution < -0.4 is 0 Å². The molecule has 72 valence electrons. The molecule has 1 nitrogen and oxygen atoms in total. The van der Waals surface area contributed by atoms with Crippen LogP contribution in [0.3, 0.4) is 0 Å². The summed E-state index contributed by atoms with van der Waals surface area (Å²) in [4.78, 5) is 0. The molecular formula is C8H6ClF3O. The van der Waals surface area contributed by atoms with Crippen molar-refractivity contribution in [2.24, 2.45) is 0 Å². The third-order valence-electron chi connectivity index (χ3n) is 1.61. The molecule has 0 aliphatic heterocycles. The topological polar surface area (TPSA) is 20.2 Å². The molecule has 1 N–H and O–H groups in total. The highest BCUT2D eigenvalue weighted by atomic mass is 35.5. The highest BCUT2D eigenvalue weighted by Gasteiger charge is 2.19. The van der Waals surface area contributed by atoms with Gasteiger partial charge in [-0.25, -0.2) is 13.2 Å². The van der Waals surface area contributed by atoms with Gasteiger partial charge in [0.25, 0.3) is 6.43 Å². The van der Waals surface area contributed by atoms with E-state index in [-0.39, 0.29) is 10.6 Å². The van der Waals surface area contributed by atoms with E-state index in [1.807, 2.05) is 0 Å². The molecule has 0 amide bonds. The van der Waals surface area contributed by atoms with Crippen molar-refractivity contribution in [3.8, 4) is 0 Å². The minimum Gasteiger partial charge on any atom is -0.392 e. The predicted molar refractivity (Wildman–Crippen MR) is 42.3 cm³/mol. The van der Waals surface area contributed by atoms with Crippen molar-refractivity contribution in [3.05, 3.63) is 34.1 Å². The molecule has 0 unspecified atom stereocenters. The average molecular weight is 211 g/mol. The van der Waals surface area contributed by atoms with Crippen LogP contribution >= 0.6 is 11.6 Å². The molecule has 0 heterocycles. The number of halogens is 4. The van der Waals surface area contributed by atoms with E-state index in [1.165, 1.54) is 6.07 Å². The molecule has 0 aliphatic rings. The zero-order valence-electron chi connectivity index (χ0n) is 6.40. The molecular weight excluding hydrogens is 205 g/mol. The van der Waals surface area contributed by atoms with E-state index in [0.717, 1.165) is 6.07 Å². The molecule has 0 aromatic heterocycles. The van der Waals surface area contributed by atoms with Crippen molar-refractivity contribution >= 4 is 11.6 Å². The predicted octanol–water partition coefficient (Wildman–Crippen LogP) is 2.91. The molecule has 0 saturated heterocycles. The summed E-state index contributed by atoms with van der Waals surface area (Å²) in [5, 5.41) is 8.27. The highest BCUT2D eigenvalue weighted by molar-refractivity contribution is 6.30. The molecule has 0 saturated carbocycles. The molecule has 1 aromatic carbocycles. The summed E-state index contributed by atoms with van der Waals surface area (Å²) in [5.41, 5.74) is -0.966. The largest absolute Gasteiger partial charge is 0.392 e. The van der Waals surface area contributed by atoms with Crippen LogP contribution in [-0.2, 0) is 6.61 Å². The van der Waals surface area contributed by atoms with Crippen LogP contribution in [0.2, 0.25) is 5.02 Å². The summed E-state index contributed by atoms with van der Waals surface area (Å²) >= 11 is 5.30. The Morgan fingerprint density at radius 2 is 2.00 bits per heavy atom. The fourth-order valence-corrected chi connectivity index (χ4v) is 1.14. The molecule has 0 aliphatic carbocycles. The smallest absolute Gasteiger partial charge is 0.267 e. The second-order valence-electron chi connectivity index (χ2n) is 2.39. The van der Waals surface area contributed by atoms with Crippen molar-refractivity contribution < 1.29 is 18.3 Å². The van der Waals surface area contributed by atoms with E-state index in [1.54, 1.807) is 0 Å². The SMILES string of the molecule is OCc1ccc(Cl)c(F)c1C(F)F. The molecule has 5 heteroatoms. The highest BCUT2D eigenvalue weighted by Crippen LogP contribution is 2.30. The zero-order chi connectivity index (χ0) is 10.0. The van der Waals surface area contributed by atoms with Gasteiger partial charge in [-0.05, 0) is 11.6 Å². The maximum absolute atomic E-state index is 13.0. The van der Waals surface area contributed by atoms with E-state index in [2.05, 4.69) is 0 Å². The summed E-state index contributed by atoms with van der Waals surface area (Å²) in [6.45, 7) is -0.631. The van der Waals surface area contributed by atoms with Gasteiger partial charge in [-0.2, -0.15) is 0 Å². The standard InChI is InChI=1S/C8H6ClF3O/c9-5-2-1-4(3-13)6(7(5)10)8(11)12/h1-2,8,13H,3H2. The van der Waals surface area contributed by atoms with Crippen molar-refractivity contribution in [2.45, 2.75) is 13.0 Å². The Hall–Kier alpha value is -0.740. The number of alkyl halides is 2. The Kier molecular flexibility index (Phi) is 3.17. The van der Waals surface area contributed by atoms with Crippen LogP contribution in [0.1, 0.15) is 17.6 Å². The van der Waals surface area contributed by atoms with Crippen LogP contribution in [-0.4, -0.2) is 5.11 Å². The number of hydrogen-bond acceptors (Lipinski definition) is 1. The third-order valence-corrected chi connectivity index (χ3v) is 1.90. The Labute approximate surface area is 77.8 Å². The summed E-state index contributed by atoms with van der Waals surface area (Å²) in [5.74, 6) is -1.16. The fourth-order valence-electron chi connectivity index (χ4n) is 0.980. The lowest BCUT2D eigenvalue weighted by Gasteiger charge is -2.08. The van der Waals surface area contributed by atoms with Gasteiger partial charge in [-0.3, -0.25) is 0 Å². The van der Waals surface area contributed by atoms with Crippen LogP contribution in [0.15, 0.2) is 12.1 Å². The van der Waals surface area contributed by atoms with Crippen LogP contribution in [0.4, 0.5) is 13.2 Å². The molecule has 0 atom stereocenters. The first-order valence-corrected chi connectivity index (χ1v) is 3.81. The molecule has 0 radical (unpaired) electrons. The Balaban J connectivity index is 3.32. The minimum absolute atomic E-state index is 0.142. The van der Waals surface area contributed by atoms with E-state index >= 15 is 0 Å². The van der Waals surface area contributed by atoms with Gasteiger partial charge in [0.15, 0.2) is 5.82 Å².